The number of thiocarbonyl (C=S) groups is 1. The van der Waals surface area contributed by atoms with E-state index in [1.54, 1.807) is 24.3 Å². The SMILES string of the molecule is CC(C)COC(=O)c1ccc(NC(=S)NC(=O)CCCOc2ccc(C(C)(C)C)cc2)cc1. The van der Waals surface area contributed by atoms with Gasteiger partial charge >= 0.3 is 5.97 Å². The second-order valence-corrected chi connectivity index (χ2v) is 9.71. The molecule has 1 amide bonds. The van der Waals surface area contributed by atoms with Crippen molar-refractivity contribution in [1.29, 1.82) is 0 Å². The van der Waals surface area contributed by atoms with Crippen molar-refractivity contribution in [2.75, 3.05) is 18.5 Å². The zero-order valence-electron chi connectivity index (χ0n) is 20.1. The molecule has 7 heteroatoms. The molecule has 178 valence electrons. The summed E-state index contributed by atoms with van der Waals surface area (Å²) in [6, 6.07) is 14.8. The number of esters is 1. The molecule has 0 spiro atoms. The molecule has 2 aromatic carbocycles. The van der Waals surface area contributed by atoms with Crippen LogP contribution < -0.4 is 15.4 Å². The highest BCUT2D eigenvalue weighted by Gasteiger charge is 2.13. The lowest BCUT2D eigenvalue weighted by Crippen LogP contribution is -2.34. The van der Waals surface area contributed by atoms with Gasteiger partial charge in [0.05, 0.1) is 18.8 Å². The van der Waals surface area contributed by atoms with Gasteiger partial charge in [0.2, 0.25) is 5.91 Å². The van der Waals surface area contributed by atoms with E-state index in [2.05, 4.69) is 43.5 Å². The summed E-state index contributed by atoms with van der Waals surface area (Å²) in [5.41, 5.74) is 2.48. The van der Waals surface area contributed by atoms with Crippen LogP contribution >= 0.6 is 12.2 Å². The first-order valence-electron chi connectivity index (χ1n) is 11.2. The molecular formula is C26H34N2O4S. The maximum Gasteiger partial charge on any atom is 0.338 e. The van der Waals surface area contributed by atoms with Crippen LogP contribution in [0.2, 0.25) is 0 Å². The van der Waals surface area contributed by atoms with Crippen LogP contribution in [0.15, 0.2) is 48.5 Å². The number of amides is 1. The van der Waals surface area contributed by atoms with E-state index in [0.29, 0.717) is 37.3 Å². The summed E-state index contributed by atoms with van der Waals surface area (Å²) in [4.78, 5) is 24.1. The Morgan fingerprint density at radius 3 is 2.21 bits per heavy atom. The topological polar surface area (TPSA) is 76.7 Å². The van der Waals surface area contributed by atoms with E-state index in [1.807, 2.05) is 26.0 Å². The summed E-state index contributed by atoms with van der Waals surface area (Å²) >= 11 is 5.20. The Kier molecular flexibility index (Phi) is 9.85. The minimum atomic E-state index is -0.363. The van der Waals surface area contributed by atoms with Crippen LogP contribution in [0.3, 0.4) is 0 Å². The van der Waals surface area contributed by atoms with Gasteiger partial charge in [0.25, 0.3) is 0 Å². The van der Waals surface area contributed by atoms with Crippen molar-refractivity contribution >= 4 is 34.9 Å². The standard InChI is InChI=1S/C26H34N2O4S/c1-18(2)17-32-24(30)19-8-12-21(13-9-19)27-25(33)28-23(29)7-6-16-31-22-14-10-20(11-15-22)26(3,4)5/h8-15,18H,6-7,16-17H2,1-5H3,(H2,27,28,29,33). The highest BCUT2D eigenvalue weighted by atomic mass is 32.1. The third-order valence-corrected chi connectivity index (χ3v) is 4.92. The van der Waals surface area contributed by atoms with E-state index in [1.165, 1.54) is 5.56 Å². The molecule has 33 heavy (non-hydrogen) atoms. The lowest BCUT2D eigenvalue weighted by atomic mass is 9.87. The summed E-state index contributed by atoms with van der Waals surface area (Å²) in [5, 5.41) is 5.80. The van der Waals surface area contributed by atoms with E-state index < -0.39 is 0 Å². The van der Waals surface area contributed by atoms with Gasteiger partial charge in [0.1, 0.15) is 5.75 Å². The normalized spacial score (nSPS) is 11.1. The molecule has 0 bridgehead atoms. The monoisotopic (exact) mass is 470 g/mol. The molecule has 0 fully saturated rings. The predicted octanol–water partition coefficient (Wildman–Crippen LogP) is 5.47. The average Bonchev–Trinajstić information content (AvgIpc) is 2.75. The molecular weight excluding hydrogens is 436 g/mol. The molecule has 0 aliphatic rings. The first-order valence-corrected chi connectivity index (χ1v) is 11.6. The molecule has 0 aromatic heterocycles. The number of carbonyl (C=O) groups is 2. The minimum absolute atomic E-state index is 0.102. The van der Waals surface area contributed by atoms with Crippen LogP contribution in [0.1, 0.15) is 63.4 Å². The fourth-order valence-corrected chi connectivity index (χ4v) is 3.07. The van der Waals surface area contributed by atoms with E-state index in [-0.39, 0.29) is 28.3 Å². The third kappa shape index (κ3) is 9.61. The van der Waals surface area contributed by atoms with Gasteiger partial charge in [-0.1, -0.05) is 46.8 Å². The number of hydrogen-bond acceptors (Lipinski definition) is 5. The largest absolute Gasteiger partial charge is 0.494 e. The fourth-order valence-electron chi connectivity index (χ4n) is 2.84. The van der Waals surface area contributed by atoms with Crippen molar-refractivity contribution in [3.63, 3.8) is 0 Å². The summed E-state index contributed by atoms with van der Waals surface area (Å²) in [5.74, 6) is 0.520. The second kappa shape index (κ2) is 12.3. The number of anilines is 1. The smallest absolute Gasteiger partial charge is 0.338 e. The Bertz CT molecular complexity index is 932. The van der Waals surface area contributed by atoms with Gasteiger partial charge in [0.15, 0.2) is 5.11 Å². The quantitative estimate of drug-likeness (QED) is 0.288. The van der Waals surface area contributed by atoms with Crippen molar-refractivity contribution in [2.45, 2.75) is 52.9 Å². The molecule has 0 unspecified atom stereocenters. The Morgan fingerprint density at radius 1 is 1.00 bits per heavy atom. The Morgan fingerprint density at radius 2 is 1.64 bits per heavy atom. The van der Waals surface area contributed by atoms with Crippen LogP contribution in [0.25, 0.3) is 0 Å². The first kappa shape index (κ1) is 26.3. The lowest BCUT2D eigenvalue weighted by Gasteiger charge is -2.19. The summed E-state index contributed by atoms with van der Waals surface area (Å²) in [6.07, 6.45) is 0.866. The van der Waals surface area contributed by atoms with Gasteiger partial charge in [-0.2, -0.15) is 0 Å². The molecule has 0 saturated heterocycles. The molecule has 2 N–H and O–H groups in total. The lowest BCUT2D eigenvalue weighted by molar-refractivity contribution is -0.119. The predicted molar refractivity (Wildman–Crippen MR) is 136 cm³/mol. The number of ether oxygens (including phenoxy) is 2. The third-order valence-electron chi connectivity index (χ3n) is 4.72. The van der Waals surface area contributed by atoms with Crippen LogP contribution in [-0.2, 0) is 14.9 Å². The molecule has 6 nitrogen and oxygen atoms in total. The van der Waals surface area contributed by atoms with Crippen molar-refractivity contribution < 1.29 is 19.1 Å². The highest BCUT2D eigenvalue weighted by molar-refractivity contribution is 7.80. The number of hydrogen-bond donors (Lipinski definition) is 2. The Hall–Kier alpha value is -2.93. The van der Waals surface area contributed by atoms with E-state index >= 15 is 0 Å². The number of rotatable bonds is 9. The number of carbonyl (C=O) groups excluding carboxylic acids is 2. The number of benzene rings is 2. The molecule has 2 aromatic rings. The van der Waals surface area contributed by atoms with Crippen molar-refractivity contribution in [1.82, 2.24) is 5.32 Å². The van der Waals surface area contributed by atoms with E-state index in [0.717, 1.165) is 5.75 Å². The van der Waals surface area contributed by atoms with Crippen LogP contribution in [0, 0.1) is 5.92 Å². The Balaban J connectivity index is 1.68. The van der Waals surface area contributed by atoms with Crippen LogP contribution in [0.4, 0.5) is 5.69 Å². The maximum atomic E-state index is 12.1. The summed E-state index contributed by atoms with van der Waals surface area (Å²) < 4.78 is 10.9. The van der Waals surface area contributed by atoms with E-state index in [9.17, 15) is 9.59 Å². The number of nitrogens with one attached hydrogen (secondary N) is 2. The molecule has 0 heterocycles. The summed E-state index contributed by atoms with van der Waals surface area (Å²) in [6.45, 7) is 11.3. The maximum absolute atomic E-state index is 12.1. The molecule has 0 atom stereocenters. The van der Waals surface area contributed by atoms with E-state index in [4.69, 9.17) is 21.7 Å². The molecule has 0 radical (unpaired) electrons. The summed E-state index contributed by atoms with van der Waals surface area (Å²) in [7, 11) is 0. The molecule has 2 rings (SSSR count). The molecule has 0 saturated carbocycles. The van der Waals surface area contributed by atoms with Crippen molar-refractivity contribution in [3.05, 3.63) is 59.7 Å². The molecule has 0 aliphatic carbocycles. The van der Waals surface area contributed by atoms with Crippen LogP contribution in [0.5, 0.6) is 5.75 Å². The van der Waals surface area contributed by atoms with Crippen molar-refractivity contribution in [3.8, 4) is 5.75 Å². The molecule has 0 aliphatic heterocycles. The first-order chi connectivity index (χ1) is 15.5. The zero-order valence-corrected chi connectivity index (χ0v) is 20.9. The Labute approximate surface area is 202 Å². The van der Waals surface area contributed by atoms with Gasteiger partial charge in [0, 0.05) is 12.1 Å². The van der Waals surface area contributed by atoms with Gasteiger partial charge in [-0.05, 0) is 71.9 Å². The van der Waals surface area contributed by atoms with Gasteiger partial charge < -0.3 is 20.1 Å². The van der Waals surface area contributed by atoms with Gasteiger partial charge in [-0.3, -0.25) is 4.79 Å². The van der Waals surface area contributed by atoms with Gasteiger partial charge in [-0.25, -0.2) is 4.79 Å². The highest BCUT2D eigenvalue weighted by Crippen LogP contribution is 2.24. The van der Waals surface area contributed by atoms with Gasteiger partial charge in [-0.15, -0.1) is 0 Å². The fraction of sp³-hybridized carbons (Fsp3) is 0.423. The second-order valence-electron chi connectivity index (χ2n) is 9.30. The van der Waals surface area contributed by atoms with Crippen molar-refractivity contribution in [2.24, 2.45) is 5.92 Å². The zero-order chi connectivity index (χ0) is 24.4. The minimum Gasteiger partial charge on any atom is -0.494 e. The average molecular weight is 471 g/mol. The van der Waals surface area contributed by atoms with Crippen LogP contribution in [-0.4, -0.2) is 30.2 Å².